The molecular formula is C33H38F2N4O2S. The largest absolute Gasteiger partial charge is 0.337 e. The molecule has 4 aromatic rings. The third kappa shape index (κ3) is 7.77. The quantitative estimate of drug-likeness (QED) is 0.274. The predicted molar refractivity (Wildman–Crippen MR) is 163 cm³/mol. The van der Waals surface area contributed by atoms with E-state index < -0.39 is 16.8 Å². The Bertz CT molecular complexity index is 1540. The summed E-state index contributed by atoms with van der Waals surface area (Å²) in [6.07, 6.45) is 9.06. The lowest BCUT2D eigenvalue weighted by atomic mass is 9.91. The van der Waals surface area contributed by atoms with Gasteiger partial charge in [0.2, 0.25) is 5.91 Å². The molecule has 6 rings (SSSR count). The maximum Gasteiger partial charge on any atom is 0.231 e. The van der Waals surface area contributed by atoms with Gasteiger partial charge < -0.3 is 9.47 Å². The first-order chi connectivity index (χ1) is 20.3. The van der Waals surface area contributed by atoms with Gasteiger partial charge in [-0.1, -0.05) is 38.1 Å². The summed E-state index contributed by atoms with van der Waals surface area (Å²) >= 11 is 0. The van der Waals surface area contributed by atoms with Crippen LogP contribution in [0, 0.1) is 17.6 Å². The molecule has 222 valence electrons. The zero-order chi connectivity index (χ0) is 30.2. The molecule has 0 aliphatic heterocycles. The van der Waals surface area contributed by atoms with Crippen LogP contribution in [0.4, 0.5) is 14.5 Å². The van der Waals surface area contributed by atoms with Gasteiger partial charge in [0.25, 0.3) is 0 Å². The molecule has 1 heterocycles. The van der Waals surface area contributed by atoms with Crippen LogP contribution in [0.15, 0.2) is 84.0 Å². The Kier molecular flexibility index (Phi) is 10.8. The van der Waals surface area contributed by atoms with Crippen molar-refractivity contribution in [2.24, 2.45) is 18.1 Å². The summed E-state index contributed by atoms with van der Waals surface area (Å²) in [5, 5.41) is 4.99. The van der Waals surface area contributed by atoms with E-state index in [4.69, 9.17) is 5.14 Å². The molecule has 3 unspecified atom stereocenters. The van der Waals surface area contributed by atoms with Gasteiger partial charge in [-0.15, -0.1) is 0 Å². The van der Waals surface area contributed by atoms with Gasteiger partial charge in [-0.3, -0.25) is 4.79 Å². The van der Waals surface area contributed by atoms with Crippen LogP contribution in [0.25, 0.3) is 0 Å². The lowest BCUT2D eigenvalue weighted by Crippen LogP contribution is -2.33. The molecule has 3 atom stereocenters. The van der Waals surface area contributed by atoms with E-state index in [0.29, 0.717) is 11.4 Å². The number of hydrogen-bond donors (Lipinski definition) is 1. The van der Waals surface area contributed by atoms with Crippen molar-refractivity contribution in [1.29, 1.82) is 0 Å². The predicted octanol–water partition coefficient (Wildman–Crippen LogP) is 6.61. The summed E-state index contributed by atoms with van der Waals surface area (Å²) in [7, 11) is 0.370. The molecule has 0 bridgehead atoms. The van der Waals surface area contributed by atoms with E-state index >= 15 is 0 Å². The maximum atomic E-state index is 13.7. The van der Waals surface area contributed by atoms with Gasteiger partial charge in [0.05, 0.1) is 11.4 Å². The highest BCUT2D eigenvalue weighted by molar-refractivity contribution is 7.82. The Morgan fingerprint density at radius 3 is 2.31 bits per heavy atom. The minimum absolute atomic E-state index is 0.0923. The SMILES string of the molecule is CC.Cn1ccnc1CN(C(=O)C1CC1c1cccc(F)c1)c1ccc2c(c1)CCCC2.NS(=O)c1cccc(F)c1. The molecule has 42 heavy (non-hydrogen) atoms. The monoisotopic (exact) mass is 592 g/mol. The Balaban J connectivity index is 0.000000285. The molecule has 2 aliphatic rings. The molecular weight excluding hydrogens is 554 g/mol. The first-order valence-corrected chi connectivity index (χ1v) is 15.6. The van der Waals surface area contributed by atoms with Crippen molar-refractivity contribution in [1.82, 2.24) is 9.55 Å². The van der Waals surface area contributed by atoms with Crippen LogP contribution in [-0.4, -0.2) is 19.7 Å². The van der Waals surface area contributed by atoms with Crippen LogP contribution in [0.1, 0.15) is 61.5 Å². The molecule has 1 amide bonds. The van der Waals surface area contributed by atoms with Gasteiger partial charge in [0.15, 0.2) is 0 Å². The summed E-state index contributed by atoms with van der Waals surface area (Å²) in [6.45, 7) is 4.44. The number of hydrogen-bond acceptors (Lipinski definition) is 3. The van der Waals surface area contributed by atoms with Crippen LogP contribution >= 0.6 is 0 Å². The molecule has 3 aromatic carbocycles. The summed E-state index contributed by atoms with van der Waals surface area (Å²) in [5.41, 5.74) is 4.61. The molecule has 0 spiro atoms. The molecule has 1 saturated carbocycles. The molecule has 1 fully saturated rings. The van der Waals surface area contributed by atoms with Crippen molar-refractivity contribution < 1.29 is 17.8 Å². The van der Waals surface area contributed by atoms with Gasteiger partial charge in [-0.2, -0.15) is 0 Å². The van der Waals surface area contributed by atoms with Crippen molar-refractivity contribution in [2.45, 2.75) is 63.3 Å². The Morgan fingerprint density at radius 1 is 1.00 bits per heavy atom. The highest BCUT2D eigenvalue weighted by Gasteiger charge is 2.46. The van der Waals surface area contributed by atoms with Gasteiger partial charge in [-0.05, 0) is 97.2 Å². The average Bonchev–Trinajstić information content (AvgIpc) is 3.71. The lowest BCUT2D eigenvalue weighted by molar-refractivity contribution is -0.120. The number of carbonyl (C=O) groups is 1. The average molecular weight is 593 g/mol. The second-order valence-electron chi connectivity index (χ2n) is 10.3. The number of benzene rings is 3. The normalized spacial score (nSPS) is 17.5. The van der Waals surface area contributed by atoms with E-state index in [0.717, 1.165) is 42.4 Å². The van der Waals surface area contributed by atoms with Crippen molar-refractivity contribution in [3.05, 3.63) is 113 Å². The first kappa shape index (κ1) is 31.3. The number of aromatic nitrogens is 2. The molecule has 0 saturated heterocycles. The fourth-order valence-electron chi connectivity index (χ4n) is 5.24. The van der Waals surface area contributed by atoms with Crippen LogP contribution in [0.2, 0.25) is 0 Å². The summed E-state index contributed by atoms with van der Waals surface area (Å²) in [6, 6.07) is 18.5. The Labute approximate surface area is 249 Å². The summed E-state index contributed by atoms with van der Waals surface area (Å²) in [5.74, 6) is 0.270. The van der Waals surface area contributed by atoms with E-state index in [-0.39, 0.29) is 23.6 Å². The highest BCUT2D eigenvalue weighted by atomic mass is 32.2. The number of imidazole rings is 1. The molecule has 9 heteroatoms. The first-order valence-electron chi connectivity index (χ1n) is 14.4. The number of amides is 1. The smallest absolute Gasteiger partial charge is 0.231 e. The second-order valence-corrected chi connectivity index (χ2v) is 11.4. The number of nitrogens with two attached hydrogens (primary N) is 1. The zero-order valence-electron chi connectivity index (χ0n) is 24.3. The lowest BCUT2D eigenvalue weighted by Gasteiger charge is -2.25. The number of fused-ring (bicyclic) bond motifs is 1. The third-order valence-electron chi connectivity index (χ3n) is 7.54. The van der Waals surface area contributed by atoms with Crippen molar-refractivity contribution in [2.75, 3.05) is 4.90 Å². The molecule has 2 aliphatic carbocycles. The molecule has 1 aromatic heterocycles. The number of aryl methyl sites for hydroxylation is 3. The second kappa shape index (κ2) is 14.5. The third-order valence-corrected chi connectivity index (χ3v) is 8.26. The minimum atomic E-state index is -1.58. The summed E-state index contributed by atoms with van der Waals surface area (Å²) in [4.78, 5) is 20.2. The van der Waals surface area contributed by atoms with Crippen molar-refractivity contribution in [3.63, 3.8) is 0 Å². The fraction of sp³-hybridized carbons (Fsp3) is 0.333. The Hall–Kier alpha value is -3.69. The number of rotatable bonds is 6. The van der Waals surface area contributed by atoms with Gasteiger partial charge in [-0.25, -0.2) is 23.1 Å². The molecule has 2 N–H and O–H groups in total. The van der Waals surface area contributed by atoms with Crippen LogP contribution < -0.4 is 10.0 Å². The highest BCUT2D eigenvalue weighted by Crippen LogP contribution is 2.49. The molecule has 0 radical (unpaired) electrons. The van der Waals surface area contributed by atoms with E-state index in [1.54, 1.807) is 18.3 Å². The van der Waals surface area contributed by atoms with Gasteiger partial charge >= 0.3 is 0 Å². The van der Waals surface area contributed by atoms with Gasteiger partial charge in [0.1, 0.15) is 28.4 Å². The van der Waals surface area contributed by atoms with E-state index in [1.807, 2.05) is 42.6 Å². The topological polar surface area (TPSA) is 81.2 Å². The van der Waals surface area contributed by atoms with Crippen LogP contribution in [-0.2, 0) is 42.2 Å². The van der Waals surface area contributed by atoms with Crippen molar-refractivity contribution in [3.8, 4) is 0 Å². The standard InChI is InChI=1S/C25H26FN3O.C6H6FNOS.C2H6/c1-28-12-11-27-24(28)16-29(21-10-9-17-5-2-3-6-18(17)14-21)25(30)23-15-22(23)19-7-4-8-20(26)13-19;7-5-2-1-3-6(4-5)10(8)9;1-2/h4,7-14,22-23H,2-3,5-6,15-16H2,1H3;1-4H,8H2;1-2H3. The Morgan fingerprint density at radius 2 is 1.69 bits per heavy atom. The summed E-state index contributed by atoms with van der Waals surface area (Å²) < 4.78 is 38.5. The number of nitrogens with zero attached hydrogens (tertiary/aromatic N) is 3. The maximum absolute atomic E-state index is 13.7. The number of halogens is 2. The molecule has 6 nitrogen and oxygen atoms in total. The van der Waals surface area contributed by atoms with E-state index in [9.17, 15) is 17.8 Å². The zero-order valence-corrected chi connectivity index (χ0v) is 25.1. The van der Waals surface area contributed by atoms with Crippen LogP contribution in [0.3, 0.4) is 0 Å². The number of carbonyl (C=O) groups excluding carboxylic acids is 1. The number of anilines is 1. The van der Waals surface area contributed by atoms with Crippen LogP contribution in [0.5, 0.6) is 0 Å². The van der Waals surface area contributed by atoms with Crippen molar-refractivity contribution >= 4 is 22.6 Å². The minimum Gasteiger partial charge on any atom is -0.337 e. The van der Waals surface area contributed by atoms with E-state index in [2.05, 4.69) is 23.2 Å². The fourth-order valence-corrected chi connectivity index (χ4v) is 5.68. The van der Waals surface area contributed by atoms with E-state index in [1.165, 1.54) is 48.2 Å². The van der Waals surface area contributed by atoms with Gasteiger partial charge in [0, 0.05) is 31.0 Å².